The van der Waals surface area contributed by atoms with Crippen LogP contribution in [0.2, 0.25) is 0 Å². The first-order valence-corrected chi connectivity index (χ1v) is 4.82. The lowest BCUT2D eigenvalue weighted by atomic mass is 10.0. The molecule has 1 unspecified atom stereocenters. The summed E-state index contributed by atoms with van der Waals surface area (Å²) < 4.78 is 0. The molecule has 0 aromatic heterocycles. The van der Waals surface area contributed by atoms with Crippen LogP contribution >= 0.6 is 0 Å². The summed E-state index contributed by atoms with van der Waals surface area (Å²) in [5.41, 5.74) is 2.21. The van der Waals surface area contributed by atoms with E-state index >= 15 is 0 Å². The smallest absolute Gasteiger partial charge is 0.322 e. The Morgan fingerprint density at radius 2 is 2.00 bits per heavy atom. The summed E-state index contributed by atoms with van der Waals surface area (Å²) in [6.07, 6.45) is 0.546. The Hall–Kier alpha value is -1.84. The normalized spacial score (nSPS) is 19.9. The molecule has 0 saturated carbocycles. The highest BCUT2D eigenvalue weighted by Gasteiger charge is 2.29. The van der Waals surface area contributed by atoms with Crippen LogP contribution in [0.5, 0.6) is 0 Å². The van der Waals surface area contributed by atoms with Gasteiger partial charge in [-0.3, -0.25) is 10.1 Å². The molecule has 1 fully saturated rings. The topological polar surface area (TPSA) is 58.2 Å². The van der Waals surface area contributed by atoms with Crippen LogP contribution in [0.1, 0.15) is 11.1 Å². The van der Waals surface area contributed by atoms with Crippen LogP contribution in [0.3, 0.4) is 0 Å². The number of aryl methyl sites for hydroxylation is 1. The first kappa shape index (κ1) is 9.71. The van der Waals surface area contributed by atoms with E-state index in [1.807, 2.05) is 31.2 Å². The predicted octanol–water partition coefficient (Wildman–Crippen LogP) is 0.746. The van der Waals surface area contributed by atoms with E-state index in [-0.39, 0.29) is 5.91 Å². The molecule has 0 bridgehead atoms. The summed E-state index contributed by atoms with van der Waals surface area (Å²) in [5.74, 6) is -0.247. The lowest BCUT2D eigenvalue weighted by Crippen LogP contribution is -2.31. The standard InChI is InChI=1S/C11H12N2O2/c1-7-4-2-3-5-8(7)6-9-10(14)13-11(15)12-9/h2-5,9H,6H2,1H3,(H2,12,13,14,15). The van der Waals surface area contributed by atoms with Gasteiger partial charge in [-0.2, -0.15) is 0 Å². The maximum atomic E-state index is 11.3. The minimum atomic E-state index is -0.432. The fourth-order valence-electron chi connectivity index (χ4n) is 1.66. The summed E-state index contributed by atoms with van der Waals surface area (Å²) in [6, 6.07) is 7.00. The molecule has 1 heterocycles. The molecule has 4 heteroatoms. The number of imide groups is 1. The molecular formula is C11H12N2O2. The molecule has 1 aromatic rings. The monoisotopic (exact) mass is 204 g/mol. The lowest BCUT2D eigenvalue weighted by Gasteiger charge is -2.09. The van der Waals surface area contributed by atoms with E-state index in [2.05, 4.69) is 10.6 Å². The number of hydrogen-bond donors (Lipinski definition) is 2. The van der Waals surface area contributed by atoms with Crippen LogP contribution in [0.25, 0.3) is 0 Å². The maximum absolute atomic E-state index is 11.3. The van der Waals surface area contributed by atoms with E-state index in [0.717, 1.165) is 11.1 Å². The van der Waals surface area contributed by atoms with Crippen LogP contribution in [0.4, 0.5) is 4.79 Å². The molecule has 4 nitrogen and oxygen atoms in total. The van der Waals surface area contributed by atoms with E-state index < -0.39 is 12.1 Å². The molecular weight excluding hydrogens is 192 g/mol. The summed E-state index contributed by atoms with van der Waals surface area (Å²) in [7, 11) is 0. The second kappa shape index (κ2) is 3.73. The average molecular weight is 204 g/mol. The van der Waals surface area contributed by atoms with Gasteiger partial charge in [0.25, 0.3) is 5.91 Å². The Morgan fingerprint density at radius 1 is 1.27 bits per heavy atom. The fourth-order valence-corrected chi connectivity index (χ4v) is 1.66. The number of carbonyl (C=O) groups is 2. The van der Waals surface area contributed by atoms with E-state index in [1.165, 1.54) is 0 Å². The van der Waals surface area contributed by atoms with Crippen LogP contribution in [0.15, 0.2) is 24.3 Å². The Morgan fingerprint density at radius 3 is 2.60 bits per heavy atom. The van der Waals surface area contributed by atoms with Crippen molar-refractivity contribution in [2.45, 2.75) is 19.4 Å². The quantitative estimate of drug-likeness (QED) is 0.698. The average Bonchev–Trinajstić information content (AvgIpc) is 2.49. The van der Waals surface area contributed by atoms with Gasteiger partial charge in [0.05, 0.1) is 0 Å². The second-order valence-electron chi connectivity index (χ2n) is 3.65. The Labute approximate surface area is 87.7 Å². The van der Waals surface area contributed by atoms with E-state index in [0.29, 0.717) is 6.42 Å². The van der Waals surface area contributed by atoms with Gasteiger partial charge in [-0.1, -0.05) is 24.3 Å². The van der Waals surface area contributed by atoms with Crippen LogP contribution < -0.4 is 10.6 Å². The van der Waals surface area contributed by atoms with Crippen molar-refractivity contribution in [1.29, 1.82) is 0 Å². The zero-order valence-corrected chi connectivity index (χ0v) is 8.41. The minimum Gasteiger partial charge on any atom is -0.326 e. The van der Waals surface area contributed by atoms with E-state index in [4.69, 9.17) is 0 Å². The highest BCUT2D eigenvalue weighted by Crippen LogP contribution is 2.11. The molecule has 1 atom stereocenters. The van der Waals surface area contributed by atoms with Gasteiger partial charge in [-0.05, 0) is 18.1 Å². The summed E-state index contributed by atoms with van der Waals surface area (Å²) in [4.78, 5) is 22.2. The van der Waals surface area contributed by atoms with Crippen molar-refractivity contribution in [3.8, 4) is 0 Å². The van der Waals surface area contributed by atoms with Gasteiger partial charge in [0.1, 0.15) is 6.04 Å². The molecule has 0 radical (unpaired) electrons. The second-order valence-corrected chi connectivity index (χ2v) is 3.65. The fraction of sp³-hybridized carbons (Fsp3) is 0.273. The Balaban J connectivity index is 2.13. The van der Waals surface area contributed by atoms with Gasteiger partial charge < -0.3 is 5.32 Å². The first-order valence-electron chi connectivity index (χ1n) is 4.82. The zero-order chi connectivity index (χ0) is 10.8. The molecule has 1 aliphatic rings. The molecule has 2 N–H and O–H groups in total. The van der Waals surface area contributed by atoms with Crippen molar-refractivity contribution < 1.29 is 9.59 Å². The van der Waals surface area contributed by atoms with Gasteiger partial charge in [-0.25, -0.2) is 4.79 Å². The number of hydrogen-bond acceptors (Lipinski definition) is 2. The Kier molecular flexibility index (Phi) is 2.41. The van der Waals surface area contributed by atoms with Gasteiger partial charge in [-0.15, -0.1) is 0 Å². The van der Waals surface area contributed by atoms with Crippen molar-refractivity contribution in [2.24, 2.45) is 0 Å². The third-order valence-corrected chi connectivity index (χ3v) is 2.54. The molecule has 78 valence electrons. The number of rotatable bonds is 2. The minimum absolute atomic E-state index is 0.247. The van der Waals surface area contributed by atoms with E-state index in [1.54, 1.807) is 0 Å². The molecule has 1 aromatic carbocycles. The molecule has 3 amide bonds. The third kappa shape index (κ3) is 1.98. The summed E-state index contributed by atoms with van der Waals surface area (Å²) in [6.45, 7) is 1.99. The molecule has 1 aliphatic heterocycles. The van der Waals surface area contributed by atoms with Gasteiger partial charge in [0.15, 0.2) is 0 Å². The van der Waals surface area contributed by atoms with Crippen molar-refractivity contribution >= 4 is 11.9 Å². The summed E-state index contributed by atoms with van der Waals surface area (Å²) >= 11 is 0. The van der Waals surface area contributed by atoms with Gasteiger partial charge in [0, 0.05) is 6.42 Å². The Bertz CT molecular complexity index is 415. The molecule has 0 spiro atoms. The molecule has 15 heavy (non-hydrogen) atoms. The van der Waals surface area contributed by atoms with Crippen molar-refractivity contribution in [2.75, 3.05) is 0 Å². The molecule has 2 rings (SSSR count). The summed E-state index contributed by atoms with van der Waals surface area (Å²) in [5, 5.41) is 4.80. The van der Waals surface area contributed by atoms with Gasteiger partial charge >= 0.3 is 6.03 Å². The molecule has 0 aliphatic carbocycles. The lowest BCUT2D eigenvalue weighted by molar-refractivity contribution is -0.120. The number of benzene rings is 1. The number of nitrogens with one attached hydrogen (secondary N) is 2. The number of carbonyl (C=O) groups excluding carboxylic acids is 2. The maximum Gasteiger partial charge on any atom is 0.322 e. The van der Waals surface area contributed by atoms with Crippen LogP contribution in [0, 0.1) is 6.92 Å². The highest BCUT2D eigenvalue weighted by atomic mass is 16.2. The largest absolute Gasteiger partial charge is 0.326 e. The zero-order valence-electron chi connectivity index (χ0n) is 8.41. The van der Waals surface area contributed by atoms with Crippen molar-refractivity contribution in [1.82, 2.24) is 10.6 Å². The highest BCUT2D eigenvalue weighted by molar-refractivity contribution is 6.04. The van der Waals surface area contributed by atoms with Crippen molar-refractivity contribution in [3.63, 3.8) is 0 Å². The SMILES string of the molecule is Cc1ccccc1CC1NC(=O)NC1=O. The van der Waals surface area contributed by atoms with Crippen molar-refractivity contribution in [3.05, 3.63) is 35.4 Å². The predicted molar refractivity (Wildman–Crippen MR) is 55.3 cm³/mol. The van der Waals surface area contributed by atoms with Crippen LogP contribution in [-0.2, 0) is 11.2 Å². The van der Waals surface area contributed by atoms with Gasteiger partial charge in [0.2, 0.25) is 0 Å². The first-order chi connectivity index (χ1) is 7.16. The van der Waals surface area contributed by atoms with E-state index in [9.17, 15) is 9.59 Å². The molecule has 1 saturated heterocycles. The number of amides is 3. The number of urea groups is 1. The third-order valence-electron chi connectivity index (χ3n) is 2.54. The van der Waals surface area contributed by atoms with Crippen LogP contribution in [-0.4, -0.2) is 18.0 Å².